The molecule has 0 atom stereocenters. The van der Waals surface area contributed by atoms with Gasteiger partial charge in [-0.2, -0.15) is 0 Å². The van der Waals surface area contributed by atoms with E-state index in [9.17, 15) is 9.59 Å². The van der Waals surface area contributed by atoms with Gasteiger partial charge in [0.2, 0.25) is 5.91 Å². The number of aromatic nitrogens is 6. The summed E-state index contributed by atoms with van der Waals surface area (Å²) in [4.78, 5) is 42.1. The molecule has 30 heavy (non-hydrogen) atoms. The van der Waals surface area contributed by atoms with Gasteiger partial charge in [-0.15, -0.1) is 0 Å². The van der Waals surface area contributed by atoms with Crippen LogP contribution in [-0.4, -0.2) is 76.1 Å². The molecule has 0 amide bonds. The number of imidazole rings is 3. The van der Waals surface area contributed by atoms with Gasteiger partial charge in [0.05, 0.1) is 0 Å². The first kappa shape index (κ1) is 35.2. The van der Waals surface area contributed by atoms with Gasteiger partial charge in [-0.3, -0.25) is 23.3 Å². The average molecular weight is 764 g/mol. The number of aliphatic hydroxyl groups excluding tert-OH is 2. The molecule has 0 saturated carbocycles. The minimum Gasteiger partial charge on any atom is -0.481 e. The first-order valence-corrected chi connectivity index (χ1v) is 7.50. The number of nitrogens with zero attached hydrogens (tertiary/aromatic N) is 6. The molecule has 166 valence electrons. The fraction of sp³-hybridized carbons (Fsp3) is 0.250. The average Bonchev–Trinajstić information content (AvgIpc) is 3.48. The molecule has 3 rings (SSSR count). The molecule has 0 radical (unpaired) electrons. The van der Waals surface area contributed by atoms with E-state index in [1.165, 1.54) is 39.6 Å². The molecule has 0 aliphatic heterocycles. The van der Waals surface area contributed by atoms with Gasteiger partial charge in [0.1, 0.15) is 19.0 Å². The number of carboxylic acid groups (broad SMARTS) is 1. The molecule has 3 heterocycles. The maximum absolute atomic E-state index is 11.4. The molecular formula is C16H24N6O6W2. The molecule has 3 aromatic heterocycles. The number of aliphatic carboxylic acids is 1. The van der Waals surface area contributed by atoms with Crippen molar-refractivity contribution >= 4 is 17.9 Å². The predicted octanol–water partition coefficient (Wildman–Crippen LogP) is 0.442. The van der Waals surface area contributed by atoms with Gasteiger partial charge in [-0.05, 0) is 0 Å². The number of carboxylic acids is 1. The summed E-state index contributed by atoms with van der Waals surface area (Å²) < 4.78 is 4.17. The summed E-state index contributed by atoms with van der Waals surface area (Å²) >= 11 is 0. The van der Waals surface area contributed by atoms with Crippen molar-refractivity contribution in [1.82, 2.24) is 28.7 Å². The molecule has 0 fully saturated rings. The van der Waals surface area contributed by atoms with Gasteiger partial charge in [0.25, 0.3) is 5.97 Å². The number of rotatable bonds is 0. The van der Waals surface area contributed by atoms with E-state index in [0.29, 0.717) is 0 Å². The van der Waals surface area contributed by atoms with Crippen LogP contribution in [0, 0.1) is 0 Å². The Balaban J connectivity index is -0.000000165. The van der Waals surface area contributed by atoms with Crippen LogP contribution >= 0.6 is 0 Å². The Kier molecular flexibility index (Phi) is 27.0. The van der Waals surface area contributed by atoms with Crippen LogP contribution in [0.4, 0.5) is 4.79 Å². The minimum atomic E-state index is -0.833. The van der Waals surface area contributed by atoms with Gasteiger partial charge >= 0.3 is 6.03 Å². The fourth-order valence-corrected chi connectivity index (χ4v) is 1.32. The second-order valence-electron chi connectivity index (χ2n) is 4.23. The molecular weight excluding hydrogens is 740 g/mol. The van der Waals surface area contributed by atoms with E-state index in [1.807, 2.05) is 0 Å². The summed E-state index contributed by atoms with van der Waals surface area (Å²) in [6.45, 7) is 2.57. The standard InChI is InChI=1S/C7H6N4O.C5H6N2O.C2H4O2.2CH4O.2W/c12-7(10-3-1-8-5-10)11-4-2-9-6-11;1-5(8)7-3-2-6-4-7;1-2(3)4;2*1-2;;/h1-6H;2-4H,1H3;1H3,(H,3,4);2*2H,1H3;;. The Bertz CT molecular complexity index is 724. The third kappa shape index (κ3) is 16.7. The van der Waals surface area contributed by atoms with E-state index in [4.69, 9.17) is 20.1 Å². The Labute approximate surface area is 202 Å². The summed E-state index contributed by atoms with van der Waals surface area (Å²) in [5.41, 5.74) is 0. The Morgan fingerprint density at radius 3 is 1.10 bits per heavy atom. The molecule has 0 unspecified atom stereocenters. The molecule has 0 aromatic carbocycles. The summed E-state index contributed by atoms with van der Waals surface area (Å²) in [6.07, 6.45) is 13.8. The van der Waals surface area contributed by atoms with Crippen molar-refractivity contribution in [3.63, 3.8) is 0 Å². The van der Waals surface area contributed by atoms with Crippen molar-refractivity contribution in [2.75, 3.05) is 14.2 Å². The largest absolute Gasteiger partial charge is 0.481 e. The summed E-state index contributed by atoms with van der Waals surface area (Å²) in [5, 5.41) is 21.4. The first-order chi connectivity index (χ1) is 13.4. The second kappa shape index (κ2) is 23.0. The van der Waals surface area contributed by atoms with E-state index in [0.717, 1.165) is 21.1 Å². The van der Waals surface area contributed by atoms with Crippen molar-refractivity contribution in [2.24, 2.45) is 0 Å². The zero-order chi connectivity index (χ0) is 21.9. The Morgan fingerprint density at radius 2 is 0.933 bits per heavy atom. The zero-order valence-electron chi connectivity index (χ0n) is 16.8. The molecule has 3 N–H and O–H groups in total. The van der Waals surface area contributed by atoms with Crippen LogP contribution in [0.3, 0.4) is 0 Å². The summed E-state index contributed by atoms with van der Waals surface area (Å²) in [7, 11) is 2.00. The summed E-state index contributed by atoms with van der Waals surface area (Å²) in [6, 6.07) is -0.190. The van der Waals surface area contributed by atoms with Gasteiger partial charge in [0.15, 0.2) is 0 Å². The minimum absolute atomic E-state index is 0. The number of carbonyl (C=O) groups is 3. The predicted molar refractivity (Wildman–Crippen MR) is 98.8 cm³/mol. The third-order valence-corrected chi connectivity index (χ3v) is 2.32. The normalized spacial score (nSPS) is 7.67. The molecule has 0 saturated heterocycles. The zero-order valence-corrected chi connectivity index (χ0v) is 22.6. The Hall–Kier alpha value is -2.26. The summed E-state index contributed by atoms with van der Waals surface area (Å²) in [5.74, 6) is -0.845. The second-order valence-corrected chi connectivity index (χ2v) is 4.23. The molecule has 0 spiro atoms. The number of aliphatic hydroxyl groups is 2. The van der Waals surface area contributed by atoms with Crippen LogP contribution < -0.4 is 0 Å². The smallest absolute Gasteiger partial charge is 0.338 e. The monoisotopic (exact) mass is 764 g/mol. The van der Waals surface area contributed by atoms with Gasteiger partial charge in [-0.25, -0.2) is 19.7 Å². The molecule has 3 aromatic rings. The Morgan fingerprint density at radius 1 is 0.667 bits per heavy atom. The van der Waals surface area contributed by atoms with Crippen LogP contribution in [0.25, 0.3) is 0 Å². The van der Waals surface area contributed by atoms with Crippen molar-refractivity contribution in [1.29, 1.82) is 0 Å². The van der Waals surface area contributed by atoms with E-state index in [-0.39, 0.29) is 54.1 Å². The number of hydrogen-bond donors (Lipinski definition) is 3. The van der Waals surface area contributed by atoms with Crippen LogP contribution in [0.2, 0.25) is 0 Å². The molecule has 0 aliphatic rings. The number of hydrogen-bond acceptors (Lipinski definition) is 8. The van der Waals surface area contributed by atoms with Crippen LogP contribution in [-0.2, 0) is 46.9 Å². The third-order valence-electron chi connectivity index (χ3n) is 2.32. The van der Waals surface area contributed by atoms with E-state index < -0.39 is 5.97 Å². The van der Waals surface area contributed by atoms with Crippen LogP contribution in [0.1, 0.15) is 18.6 Å². The van der Waals surface area contributed by atoms with Crippen molar-refractivity contribution in [3.05, 3.63) is 56.2 Å². The molecule has 0 aliphatic carbocycles. The quantitative estimate of drug-likeness (QED) is 0.295. The van der Waals surface area contributed by atoms with Gasteiger partial charge in [-0.1, -0.05) is 0 Å². The molecule has 14 heteroatoms. The molecule has 12 nitrogen and oxygen atoms in total. The van der Waals surface area contributed by atoms with Crippen LogP contribution in [0.5, 0.6) is 0 Å². The van der Waals surface area contributed by atoms with E-state index in [1.54, 1.807) is 37.2 Å². The topological polar surface area (TPSA) is 165 Å². The van der Waals surface area contributed by atoms with E-state index in [2.05, 4.69) is 15.0 Å². The van der Waals surface area contributed by atoms with Crippen LogP contribution in [0.15, 0.2) is 56.2 Å². The van der Waals surface area contributed by atoms with Crippen molar-refractivity contribution in [2.45, 2.75) is 13.8 Å². The van der Waals surface area contributed by atoms with E-state index >= 15 is 0 Å². The van der Waals surface area contributed by atoms with Crippen molar-refractivity contribution in [3.8, 4) is 0 Å². The molecule has 0 bridgehead atoms. The first-order valence-electron chi connectivity index (χ1n) is 7.50. The van der Waals surface area contributed by atoms with Gasteiger partial charge < -0.3 is 15.3 Å². The fourth-order valence-electron chi connectivity index (χ4n) is 1.32. The maximum Gasteiger partial charge on any atom is 0.338 e. The number of carbonyl (C=O) groups excluding carboxylic acids is 2. The van der Waals surface area contributed by atoms with Gasteiger partial charge in [0, 0.05) is 107 Å². The maximum atomic E-state index is 11.4. The van der Waals surface area contributed by atoms with Crippen molar-refractivity contribution < 1.29 is 71.8 Å². The SMILES string of the molecule is CC(=O)O.CC(=O)n1ccnc1.CO.CO.O=C(n1ccnc1)n1ccnc1.[W].[W].